The van der Waals surface area contributed by atoms with Crippen LogP contribution in [0.4, 0.5) is 23.7 Å². The van der Waals surface area contributed by atoms with Crippen LogP contribution in [0.1, 0.15) is 5.56 Å². The lowest BCUT2D eigenvalue weighted by molar-refractivity contribution is -0.174. The van der Waals surface area contributed by atoms with Gasteiger partial charge in [0.1, 0.15) is 6.61 Å². The molecular weight excluding hydrogens is 323 g/mol. The number of carbonyl (C=O) groups excluding carboxylic acids is 1. The fourth-order valence-electron chi connectivity index (χ4n) is 2.40. The number of urea groups is 1. The molecule has 0 aromatic heterocycles. The fourth-order valence-corrected chi connectivity index (χ4v) is 2.40. The molecule has 0 spiro atoms. The molecule has 134 valence electrons. The number of nitrogens with zero attached hydrogens (tertiary/aromatic N) is 2. The van der Waals surface area contributed by atoms with Gasteiger partial charge in [0.15, 0.2) is 0 Å². The zero-order valence-corrected chi connectivity index (χ0v) is 13.6. The summed E-state index contributed by atoms with van der Waals surface area (Å²) in [5.74, 6) is 0. The molecule has 0 saturated carbocycles. The summed E-state index contributed by atoms with van der Waals surface area (Å²) in [6.45, 7) is 3.55. The van der Waals surface area contributed by atoms with Crippen LogP contribution in [0.25, 0.3) is 0 Å². The number of piperazine rings is 1. The first-order chi connectivity index (χ1) is 11.3. The van der Waals surface area contributed by atoms with Crippen molar-refractivity contribution in [3.8, 4) is 0 Å². The number of benzene rings is 1. The first-order valence-corrected chi connectivity index (χ1v) is 7.83. The predicted octanol–water partition coefficient (Wildman–Crippen LogP) is 2.72. The van der Waals surface area contributed by atoms with Gasteiger partial charge < -0.3 is 15.0 Å². The van der Waals surface area contributed by atoms with E-state index in [1.807, 2.05) is 36.1 Å². The molecular formula is C16H22F3N3O2. The van der Waals surface area contributed by atoms with Crippen molar-refractivity contribution in [2.24, 2.45) is 0 Å². The normalized spacial score (nSPS) is 16.2. The third-order valence-electron chi connectivity index (χ3n) is 3.78. The molecule has 1 aliphatic heterocycles. The van der Waals surface area contributed by atoms with Crippen molar-refractivity contribution in [1.29, 1.82) is 0 Å². The largest absolute Gasteiger partial charge is 0.411 e. The number of ether oxygens (including phenoxy) is 1. The van der Waals surface area contributed by atoms with E-state index >= 15 is 0 Å². The van der Waals surface area contributed by atoms with Crippen molar-refractivity contribution in [2.45, 2.75) is 13.1 Å². The molecule has 5 nitrogen and oxygen atoms in total. The zero-order chi connectivity index (χ0) is 17.6. The number of carbonyl (C=O) groups is 1. The van der Waals surface area contributed by atoms with E-state index in [1.165, 1.54) is 0 Å². The van der Waals surface area contributed by atoms with Gasteiger partial charge in [-0.2, -0.15) is 13.2 Å². The number of nitrogens with one attached hydrogen (secondary N) is 1. The zero-order valence-electron chi connectivity index (χ0n) is 13.6. The third kappa shape index (κ3) is 6.37. The van der Waals surface area contributed by atoms with Crippen molar-refractivity contribution < 1.29 is 22.7 Å². The van der Waals surface area contributed by atoms with Crippen LogP contribution in [0.5, 0.6) is 0 Å². The highest BCUT2D eigenvalue weighted by atomic mass is 19.4. The summed E-state index contributed by atoms with van der Waals surface area (Å²) >= 11 is 0. The van der Waals surface area contributed by atoms with Gasteiger partial charge in [0.05, 0.1) is 6.61 Å². The fraction of sp³-hybridized carbons (Fsp3) is 0.562. The first-order valence-electron chi connectivity index (χ1n) is 7.83. The van der Waals surface area contributed by atoms with Crippen molar-refractivity contribution >= 4 is 11.7 Å². The van der Waals surface area contributed by atoms with E-state index in [4.69, 9.17) is 0 Å². The molecule has 1 aromatic rings. The lowest BCUT2D eigenvalue weighted by atomic mass is 10.2. The Morgan fingerprint density at radius 2 is 1.79 bits per heavy atom. The number of halogens is 3. The highest BCUT2D eigenvalue weighted by Crippen LogP contribution is 2.14. The number of amides is 2. The Balaban J connectivity index is 1.66. The van der Waals surface area contributed by atoms with Crippen LogP contribution in [0.2, 0.25) is 0 Å². The second-order valence-corrected chi connectivity index (χ2v) is 5.79. The van der Waals surface area contributed by atoms with E-state index in [2.05, 4.69) is 10.1 Å². The molecule has 0 unspecified atom stereocenters. The van der Waals surface area contributed by atoms with Crippen LogP contribution in [0.3, 0.4) is 0 Å². The van der Waals surface area contributed by atoms with Crippen LogP contribution in [-0.4, -0.2) is 67.9 Å². The van der Waals surface area contributed by atoms with E-state index in [-0.39, 0.29) is 12.6 Å². The van der Waals surface area contributed by atoms with Gasteiger partial charge in [0.2, 0.25) is 0 Å². The lowest BCUT2D eigenvalue weighted by Gasteiger charge is -2.34. The average Bonchev–Trinajstić information content (AvgIpc) is 2.53. The van der Waals surface area contributed by atoms with Gasteiger partial charge in [-0.15, -0.1) is 0 Å². The Morgan fingerprint density at radius 1 is 1.17 bits per heavy atom. The Labute approximate surface area is 139 Å². The van der Waals surface area contributed by atoms with Crippen LogP contribution in [0, 0.1) is 6.92 Å². The Bertz CT molecular complexity index is 526. The van der Waals surface area contributed by atoms with Crippen LogP contribution in [-0.2, 0) is 4.74 Å². The molecule has 1 aromatic carbocycles. The maximum atomic E-state index is 12.2. The monoisotopic (exact) mass is 345 g/mol. The van der Waals surface area contributed by atoms with Crippen LogP contribution < -0.4 is 5.32 Å². The maximum Gasteiger partial charge on any atom is 0.411 e. The van der Waals surface area contributed by atoms with E-state index in [1.54, 1.807) is 4.90 Å². The standard InChI is InChI=1S/C16H22F3N3O2/c1-13-2-4-14(5-3-13)20-15(23)22-8-6-21(7-9-22)10-11-24-12-16(17,18)19/h2-5H,6-12H2,1H3,(H,20,23). The molecule has 0 atom stereocenters. The van der Waals surface area contributed by atoms with Crippen molar-refractivity contribution in [2.75, 3.05) is 51.3 Å². The van der Waals surface area contributed by atoms with Crippen molar-refractivity contribution in [3.05, 3.63) is 29.8 Å². The van der Waals surface area contributed by atoms with Crippen molar-refractivity contribution in [3.63, 3.8) is 0 Å². The smallest absolute Gasteiger partial charge is 0.371 e. The SMILES string of the molecule is Cc1ccc(NC(=O)N2CCN(CCOCC(F)(F)F)CC2)cc1. The minimum Gasteiger partial charge on any atom is -0.371 e. The molecule has 2 rings (SSSR count). The summed E-state index contributed by atoms with van der Waals surface area (Å²) < 4.78 is 40.5. The Morgan fingerprint density at radius 3 is 2.38 bits per heavy atom. The van der Waals surface area contributed by atoms with E-state index < -0.39 is 12.8 Å². The summed E-state index contributed by atoms with van der Waals surface area (Å²) in [5.41, 5.74) is 1.86. The quantitative estimate of drug-likeness (QED) is 0.835. The van der Waals surface area contributed by atoms with Gasteiger partial charge in [-0.3, -0.25) is 4.90 Å². The molecule has 24 heavy (non-hydrogen) atoms. The first kappa shape index (κ1) is 18.5. The van der Waals surface area contributed by atoms with Gasteiger partial charge in [-0.25, -0.2) is 4.79 Å². The maximum absolute atomic E-state index is 12.2. The summed E-state index contributed by atoms with van der Waals surface area (Å²) in [4.78, 5) is 15.9. The minimum atomic E-state index is -4.28. The Hall–Kier alpha value is -1.80. The summed E-state index contributed by atoms with van der Waals surface area (Å²) in [6, 6.07) is 7.39. The number of hydrogen-bond acceptors (Lipinski definition) is 3. The molecule has 2 amide bonds. The third-order valence-corrected chi connectivity index (χ3v) is 3.78. The van der Waals surface area contributed by atoms with Gasteiger partial charge in [0, 0.05) is 38.4 Å². The summed E-state index contributed by atoms with van der Waals surface area (Å²) in [5, 5.41) is 2.84. The van der Waals surface area contributed by atoms with Crippen LogP contribution in [0.15, 0.2) is 24.3 Å². The van der Waals surface area contributed by atoms with E-state index in [0.717, 1.165) is 11.3 Å². The molecule has 0 bridgehead atoms. The molecule has 1 N–H and O–H groups in total. The molecule has 1 fully saturated rings. The molecule has 0 radical (unpaired) electrons. The number of anilines is 1. The van der Waals surface area contributed by atoms with Gasteiger partial charge in [-0.05, 0) is 19.1 Å². The number of rotatable bonds is 5. The van der Waals surface area contributed by atoms with Crippen molar-refractivity contribution in [1.82, 2.24) is 9.80 Å². The number of hydrogen-bond donors (Lipinski definition) is 1. The molecule has 1 heterocycles. The predicted molar refractivity (Wildman–Crippen MR) is 85.1 cm³/mol. The van der Waals surface area contributed by atoms with Gasteiger partial charge >= 0.3 is 12.2 Å². The molecule has 1 saturated heterocycles. The minimum absolute atomic E-state index is 0.0368. The summed E-state index contributed by atoms with van der Waals surface area (Å²) in [7, 11) is 0. The molecule has 1 aliphatic rings. The second kappa shape index (κ2) is 8.34. The van der Waals surface area contributed by atoms with Crippen LogP contribution >= 0.6 is 0 Å². The molecule has 8 heteroatoms. The number of aryl methyl sites for hydroxylation is 1. The summed E-state index contributed by atoms with van der Waals surface area (Å²) in [6.07, 6.45) is -4.28. The highest BCUT2D eigenvalue weighted by molar-refractivity contribution is 5.89. The molecule has 0 aliphatic carbocycles. The van der Waals surface area contributed by atoms with E-state index in [0.29, 0.717) is 32.7 Å². The van der Waals surface area contributed by atoms with E-state index in [9.17, 15) is 18.0 Å². The Kier molecular flexibility index (Phi) is 6.44. The second-order valence-electron chi connectivity index (χ2n) is 5.79. The highest BCUT2D eigenvalue weighted by Gasteiger charge is 2.27. The van der Waals surface area contributed by atoms with Gasteiger partial charge in [-0.1, -0.05) is 17.7 Å². The average molecular weight is 345 g/mol. The van der Waals surface area contributed by atoms with Gasteiger partial charge in [0.25, 0.3) is 0 Å². The topological polar surface area (TPSA) is 44.8 Å². The lowest BCUT2D eigenvalue weighted by Crippen LogP contribution is -2.50. The number of alkyl halides is 3.